The number of fused-ring (bicyclic) bond motifs is 1. The zero-order valence-corrected chi connectivity index (χ0v) is 10.6. The van der Waals surface area contributed by atoms with Gasteiger partial charge in [0.25, 0.3) is 0 Å². The Morgan fingerprint density at radius 1 is 1.22 bits per heavy atom. The fourth-order valence-electron chi connectivity index (χ4n) is 2.05. The maximum atomic E-state index is 12.1. The van der Waals surface area contributed by atoms with Crippen LogP contribution in [-0.2, 0) is 0 Å². The van der Waals surface area contributed by atoms with Gasteiger partial charge in [-0.05, 0) is 30.2 Å². The molecule has 0 aliphatic carbocycles. The molecule has 2 aromatic carbocycles. The molecule has 2 rings (SSSR count). The minimum Gasteiger partial charge on any atom is -0.293 e. The summed E-state index contributed by atoms with van der Waals surface area (Å²) in [4.78, 5) is 12.1. The van der Waals surface area contributed by atoms with Crippen molar-refractivity contribution in [3.05, 3.63) is 47.5 Å². The van der Waals surface area contributed by atoms with Crippen LogP contribution >= 0.6 is 0 Å². The van der Waals surface area contributed by atoms with Gasteiger partial charge in [-0.15, -0.1) is 0 Å². The molecule has 0 aliphatic heterocycles. The van der Waals surface area contributed by atoms with Crippen LogP contribution in [-0.4, -0.2) is 5.78 Å². The van der Waals surface area contributed by atoms with Crippen molar-refractivity contribution in [1.82, 2.24) is 0 Å². The molecule has 2 heteroatoms. The Kier molecular flexibility index (Phi) is 3.43. The highest BCUT2D eigenvalue weighted by atomic mass is 16.1. The number of nitrogens with zero attached hydrogens (tertiary/aromatic N) is 1. The molecular formula is C16H15NO. The second-order valence-corrected chi connectivity index (χ2v) is 4.52. The number of carbonyl (C=O) groups is 1. The minimum absolute atomic E-state index is 0.0810. The van der Waals surface area contributed by atoms with E-state index in [0.717, 1.165) is 10.8 Å². The summed E-state index contributed by atoms with van der Waals surface area (Å²) >= 11 is 0. The number of ketones is 1. The summed E-state index contributed by atoms with van der Waals surface area (Å²) in [5, 5.41) is 11.1. The Hall–Kier alpha value is -2.14. The summed E-state index contributed by atoms with van der Waals surface area (Å²) in [6, 6.07) is 13.8. The molecule has 0 amide bonds. The number of nitriles is 1. The highest BCUT2D eigenvalue weighted by molar-refractivity contribution is 6.02. The SMILES string of the molecule is CCC(C#N)C(=O)c1ccc2cc(C)ccc2c1. The molecule has 0 saturated carbocycles. The van der Waals surface area contributed by atoms with Gasteiger partial charge in [0, 0.05) is 5.56 Å². The number of Topliss-reactive ketones (excluding diaryl/α,β-unsaturated/α-hetero) is 1. The summed E-state index contributed by atoms with van der Waals surface area (Å²) in [7, 11) is 0. The number of aryl methyl sites for hydroxylation is 1. The predicted octanol–water partition coefficient (Wildman–Crippen LogP) is 3.88. The lowest BCUT2D eigenvalue weighted by atomic mass is 9.94. The standard InChI is InChI=1S/C16H15NO/c1-3-12(10-17)16(18)15-7-6-13-8-11(2)4-5-14(13)9-15/h4-9,12H,3H2,1-2H3. The van der Waals surface area contributed by atoms with Gasteiger partial charge in [0.15, 0.2) is 5.78 Å². The van der Waals surface area contributed by atoms with Gasteiger partial charge in [0.2, 0.25) is 0 Å². The number of hydrogen-bond acceptors (Lipinski definition) is 2. The van der Waals surface area contributed by atoms with Gasteiger partial charge >= 0.3 is 0 Å². The Bertz CT molecular complexity index is 637. The first-order valence-electron chi connectivity index (χ1n) is 6.10. The molecule has 0 saturated heterocycles. The van der Waals surface area contributed by atoms with Crippen LogP contribution in [0.4, 0.5) is 0 Å². The normalized spacial score (nSPS) is 12.1. The smallest absolute Gasteiger partial charge is 0.179 e. The van der Waals surface area contributed by atoms with E-state index in [1.807, 2.05) is 44.2 Å². The van der Waals surface area contributed by atoms with Crippen LogP contribution in [0.5, 0.6) is 0 Å². The van der Waals surface area contributed by atoms with E-state index in [0.29, 0.717) is 12.0 Å². The van der Waals surface area contributed by atoms with Crippen LogP contribution in [0.15, 0.2) is 36.4 Å². The molecule has 90 valence electrons. The van der Waals surface area contributed by atoms with E-state index in [1.165, 1.54) is 5.56 Å². The van der Waals surface area contributed by atoms with E-state index in [1.54, 1.807) is 0 Å². The van der Waals surface area contributed by atoms with Crippen molar-refractivity contribution in [2.45, 2.75) is 20.3 Å². The number of rotatable bonds is 3. The first-order chi connectivity index (χ1) is 8.65. The summed E-state index contributed by atoms with van der Waals surface area (Å²) in [5.41, 5.74) is 1.82. The topological polar surface area (TPSA) is 40.9 Å². The van der Waals surface area contributed by atoms with E-state index in [9.17, 15) is 4.79 Å². The monoisotopic (exact) mass is 237 g/mol. The second-order valence-electron chi connectivity index (χ2n) is 4.52. The molecule has 0 N–H and O–H groups in total. The van der Waals surface area contributed by atoms with Crippen LogP contribution in [0.1, 0.15) is 29.3 Å². The maximum Gasteiger partial charge on any atom is 0.179 e. The van der Waals surface area contributed by atoms with Gasteiger partial charge in [-0.1, -0.05) is 42.8 Å². The molecule has 0 radical (unpaired) electrons. The van der Waals surface area contributed by atoms with E-state index in [4.69, 9.17) is 5.26 Å². The van der Waals surface area contributed by atoms with E-state index < -0.39 is 5.92 Å². The lowest BCUT2D eigenvalue weighted by Crippen LogP contribution is -2.11. The van der Waals surface area contributed by atoms with Crippen molar-refractivity contribution in [3.8, 4) is 6.07 Å². The average molecular weight is 237 g/mol. The van der Waals surface area contributed by atoms with E-state index in [-0.39, 0.29) is 5.78 Å². The van der Waals surface area contributed by atoms with Crippen molar-refractivity contribution in [2.24, 2.45) is 5.92 Å². The summed E-state index contributed by atoms with van der Waals surface area (Å²) in [6.45, 7) is 3.90. The Morgan fingerprint density at radius 3 is 2.56 bits per heavy atom. The fourth-order valence-corrected chi connectivity index (χ4v) is 2.05. The van der Waals surface area contributed by atoms with Gasteiger partial charge in [0.1, 0.15) is 5.92 Å². The van der Waals surface area contributed by atoms with Gasteiger partial charge in [-0.25, -0.2) is 0 Å². The molecule has 0 spiro atoms. The average Bonchev–Trinajstić information content (AvgIpc) is 2.39. The van der Waals surface area contributed by atoms with Crippen LogP contribution in [0.2, 0.25) is 0 Å². The highest BCUT2D eigenvalue weighted by Crippen LogP contribution is 2.20. The second kappa shape index (κ2) is 5.01. The van der Waals surface area contributed by atoms with E-state index >= 15 is 0 Å². The predicted molar refractivity (Wildman–Crippen MR) is 72.4 cm³/mol. The van der Waals surface area contributed by atoms with Crippen LogP contribution in [0.25, 0.3) is 10.8 Å². The molecule has 1 unspecified atom stereocenters. The Balaban J connectivity index is 2.45. The molecule has 1 atom stereocenters. The molecule has 0 aromatic heterocycles. The lowest BCUT2D eigenvalue weighted by Gasteiger charge is -2.07. The number of benzene rings is 2. The minimum atomic E-state index is -0.534. The third kappa shape index (κ3) is 2.26. The van der Waals surface area contributed by atoms with Crippen LogP contribution < -0.4 is 0 Å². The number of carbonyl (C=O) groups excluding carboxylic acids is 1. The van der Waals surface area contributed by atoms with E-state index in [2.05, 4.69) is 12.1 Å². The fraction of sp³-hybridized carbons (Fsp3) is 0.250. The summed E-state index contributed by atoms with van der Waals surface area (Å²) in [5.74, 6) is -0.615. The first-order valence-corrected chi connectivity index (χ1v) is 6.10. The van der Waals surface area contributed by atoms with Gasteiger partial charge in [-0.3, -0.25) is 4.79 Å². The molecule has 2 aromatic rings. The Morgan fingerprint density at radius 2 is 1.89 bits per heavy atom. The largest absolute Gasteiger partial charge is 0.293 e. The molecular weight excluding hydrogens is 222 g/mol. The van der Waals surface area contributed by atoms with Crippen molar-refractivity contribution < 1.29 is 4.79 Å². The van der Waals surface area contributed by atoms with Crippen molar-refractivity contribution in [2.75, 3.05) is 0 Å². The van der Waals surface area contributed by atoms with Crippen molar-refractivity contribution >= 4 is 16.6 Å². The van der Waals surface area contributed by atoms with Crippen molar-refractivity contribution in [1.29, 1.82) is 5.26 Å². The zero-order chi connectivity index (χ0) is 13.1. The van der Waals surface area contributed by atoms with Crippen LogP contribution in [0, 0.1) is 24.2 Å². The Labute approximate surface area is 107 Å². The third-order valence-electron chi connectivity index (χ3n) is 3.16. The first kappa shape index (κ1) is 12.3. The molecule has 18 heavy (non-hydrogen) atoms. The summed E-state index contributed by atoms with van der Waals surface area (Å²) in [6.07, 6.45) is 0.557. The zero-order valence-electron chi connectivity index (χ0n) is 10.6. The lowest BCUT2D eigenvalue weighted by molar-refractivity contribution is 0.0947. The molecule has 0 bridgehead atoms. The third-order valence-corrected chi connectivity index (χ3v) is 3.16. The quantitative estimate of drug-likeness (QED) is 0.760. The maximum absolute atomic E-state index is 12.1. The highest BCUT2D eigenvalue weighted by Gasteiger charge is 2.17. The molecule has 0 heterocycles. The summed E-state index contributed by atoms with van der Waals surface area (Å²) < 4.78 is 0. The van der Waals surface area contributed by atoms with Gasteiger partial charge in [-0.2, -0.15) is 5.26 Å². The van der Waals surface area contributed by atoms with Gasteiger partial charge in [0.05, 0.1) is 6.07 Å². The molecule has 0 aliphatic rings. The molecule has 2 nitrogen and oxygen atoms in total. The van der Waals surface area contributed by atoms with Crippen molar-refractivity contribution in [3.63, 3.8) is 0 Å². The molecule has 0 fully saturated rings. The van der Waals surface area contributed by atoms with Gasteiger partial charge < -0.3 is 0 Å². The number of hydrogen-bond donors (Lipinski definition) is 0. The van der Waals surface area contributed by atoms with Crippen LogP contribution in [0.3, 0.4) is 0 Å².